The van der Waals surface area contributed by atoms with Crippen LogP contribution in [0.5, 0.6) is 0 Å². The molecule has 0 aliphatic heterocycles. The lowest BCUT2D eigenvalue weighted by Crippen LogP contribution is -2.06. The van der Waals surface area contributed by atoms with Crippen LogP contribution in [0.25, 0.3) is 0 Å². The fourth-order valence-corrected chi connectivity index (χ4v) is 1.71. The van der Waals surface area contributed by atoms with Gasteiger partial charge in [-0.15, -0.1) is 0 Å². The quantitative estimate of drug-likeness (QED) is 0.833. The Morgan fingerprint density at radius 3 is 2.69 bits per heavy atom. The van der Waals surface area contributed by atoms with Crippen molar-refractivity contribution in [2.75, 3.05) is 18.6 Å². The maximum Gasteiger partial charge on any atom is 0.138 e. The lowest BCUT2D eigenvalue weighted by molar-refractivity contribution is 0.119. The molecular formula is C8H12BrN3O. The average Bonchev–Trinajstić information content (AvgIpc) is 2.12. The van der Waals surface area contributed by atoms with Crippen molar-refractivity contribution in [2.24, 2.45) is 0 Å². The number of hydrogen-bond donors (Lipinski definition) is 2. The Morgan fingerprint density at radius 1 is 1.54 bits per heavy atom. The molecule has 5 heteroatoms. The Balaban J connectivity index is 3.25. The lowest BCUT2D eigenvalue weighted by atomic mass is 10.1. The topological polar surface area (TPSA) is 74.2 Å². The van der Waals surface area contributed by atoms with Gasteiger partial charge >= 0.3 is 0 Å². The van der Waals surface area contributed by atoms with Gasteiger partial charge in [0.1, 0.15) is 5.82 Å². The zero-order valence-corrected chi connectivity index (χ0v) is 9.13. The van der Waals surface area contributed by atoms with Crippen LogP contribution in [-0.4, -0.2) is 12.1 Å². The molecule has 0 amide bonds. The summed E-state index contributed by atoms with van der Waals surface area (Å²) in [7, 11) is 1.62. The van der Waals surface area contributed by atoms with Gasteiger partial charge in [0, 0.05) is 12.7 Å². The number of methoxy groups -OCH3 is 1. The van der Waals surface area contributed by atoms with Crippen molar-refractivity contribution in [3.63, 3.8) is 0 Å². The second-order valence-corrected chi connectivity index (χ2v) is 3.50. The molecular weight excluding hydrogens is 234 g/mol. The monoisotopic (exact) mass is 245 g/mol. The van der Waals surface area contributed by atoms with Crippen LogP contribution in [0.1, 0.15) is 18.6 Å². The van der Waals surface area contributed by atoms with Gasteiger partial charge in [0.2, 0.25) is 0 Å². The van der Waals surface area contributed by atoms with Crippen molar-refractivity contribution in [1.82, 2.24) is 4.98 Å². The van der Waals surface area contributed by atoms with E-state index < -0.39 is 0 Å². The molecule has 4 nitrogen and oxygen atoms in total. The summed E-state index contributed by atoms with van der Waals surface area (Å²) >= 11 is 3.32. The number of anilines is 2. The Labute approximate surface area is 85.4 Å². The van der Waals surface area contributed by atoms with Crippen molar-refractivity contribution < 1.29 is 4.74 Å². The van der Waals surface area contributed by atoms with Crippen molar-refractivity contribution in [2.45, 2.75) is 13.0 Å². The van der Waals surface area contributed by atoms with Crippen LogP contribution in [0.2, 0.25) is 0 Å². The van der Waals surface area contributed by atoms with Gasteiger partial charge in [0.15, 0.2) is 0 Å². The molecule has 1 atom stereocenters. The van der Waals surface area contributed by atoms with Crippen LogP contribution >= 0.6 is 15.9 Å². The second-order valence-electron chi connectivity index (χ2n) is 2.70. The van der Waals surface area contributed by atoms with Crippen molar-refractivity contribution in [3.05, 3.63) is 16.2 Å². The number of ether oxygens (including phenoxy) is 1. The summed E-state index contributed by atoms with van der Waals surface area (Å²) in [6.45, 7) is 1.90. The summed E-state index contributed by atoms with van der Waals surface area (Å²) in [6, 6.07) is 0. The normalized spacial score (nSPS) is 12.8. The van der Waals surface area contributed by atoms with Crippen LogP contribution in [0.3, 0.4) is 0 Å². The van der Waals surface area contributed by atoms with E-state index >= 15 is 0 Å². The molecule has 0 fully saturated rings. The molecule has 0 aliphatic carbocycles. The van der Waals surface area contributed by atoms with Crippen LogP contribution < -0.4 is 11.5 Å². The fourth-order valence-electron chi connectivity index (χ4n) is 1.06. The zero-order chi connectivity index (χ0) is 10.0. The Bertz CT molecular complexity index is 317. The summed E-state index contributed by atoms with van der Waals surface area (Å²) in [5.74, 6) is 0.424. The van der Waals surface area contributed by atoms with E-state index in [-0.39, 0.29) is 6.10 Å². The van der Waals surface area contributed by atoms with Crippen molar-refractivity contribution >= 4 is 27.4 Å². The number of hydrogen-bond acceptors (Lipinski definition) is 4. The van der Waals surface area contributed by atoms with Gasteiger partial charge in [-0.3, -0.25) is 0 Å². The van der Waals surface area contributed by atoms with E-state index in [1.54, 1.807) is 7.11 Å². The number of nitrogen functional groups attached to an aromatic ring is 2. The number of rotatable bonds is 2. The van der Waals surface area contributed by atoms with Gasteiger partial charge in [-0.2, -0.15) is 0 Å². The number of nitrogens with zero attached hydrogens (tertiary/aromatic N) is 1. The number of nitrogens with two attached hydrogens (primary N) is 2. The fraction of sp³-hybridized carbons (Fsp3) is 0.375. The van der Waals surface area contributed by atoms with Crippen molar-refractivity contribution in [3.8, 4) is 0 Å². The molecule has 0 saturated carbocycles. The van der Waals surface area contributed by atoms with Crippen molar-refractivity contribution in [1.29, 1.82) is 0 Å². The Kier molecular flexibility index (Phi) is 3.11. The summed E-state index contributed by atoms with van der Waals surface area (Å²) < 4.78 is 5.87. The molecule has 72 valence electrons. The van der Waals surface area contributed by atoms with Crippen LogP contribution in [0.4, 0.5) is 11.5 Å². The van der Waals surface area contributed by atoms with E-state index in [9.17, 15) is 0 Å². The summed E-state index contributed by atoms with van der Waals surface area (Å²) in [5.41, 5.74) is 12.8. The highest BCUT2D eigenvalue weighted by molar-refractivity contribution is 9.10. The van der Waals surface area contributed by atoms with E-state index in [1.807, 2.05) is 6.92 Å². The molecule has 0 bridgehead atoms. The predicted molar refractivity (Wildman–Crippen MR) is 56.2 cm³/mol. The molecule has 1 aromatic heterocycles. The molecule has 0 saturated heterocycles. The molecule has 0 aliphatic rings. The molecule has 0 spiro atoms. The van der Waals surface area contributed by atoms with Gasteiger partial charge in [-0.1, -0.05) is 0 Å². The van der Waals surface area contributed by atoms with Gasteiger partial charge in [0.05, 0.1) is 22.5 Å². The first-order valence-electron chi connectivity index (χ1n) is 3.80. The van der Waals surface area contributed by atoms with Crippen LogP contribution in [0, 0.1) is 0 Å². The number of pyridine rings is 1. The largest absolute Gasteiger partial charge is 0.397 e. The summed E-state index contributed by atoms with van der Waals surface area (Å²) in [5, 5.41) is 0. The third-order valence-electron chi connectivity index (χ3n) is 1.88. The molecule has 0 radical (unpaired) electrons. The SMILES string of the molecule is COC(C)c1c(N)cnc(N)c1Br. The maximum atomic E-state index is 5.74. The summed E-state index contributed by atoms with van der Waals surface area (Å²) in [4.78, 5) is 3.91. The van der Waals surface area contributed by atoms with E-state index in [1.165, 1.54) is 6.20 Å². The van der Waals surface area contributed by atoms with Gasteiger partial charge in [-0.05, 0) is 22.9 Å². The highest BCUT2D eigenvalue weighted by atomic mass is 79.9. The molecule has 1 rings (SSSR count). The zero-order valence-electron chi connectivity index (χ0n) is 7.54. The smallest absolute Gasteiger partial charge is 0.138 e. The first-order valence-corrected chi connectivity index (χ1v) is 4.59. The minimum Gasteiger partial charge on any atom is -0.397 e. The molecule has 0 aromatic carbocycles. The molecule has 1 aromatic rings. The Morgan fingerprint density at radius 2 is 2.15 bits per heavy atom. The number of aromatic nitrogens is 1. The first kappa shape index (κ1) is 10.3. The minimum absolute atomic E-state index is 0.0975. The van der Waals surface area contributed by atoms with E-state index in [0.29, 0.717) is 16.0 Å². The van der Waals surface area contributed by atoms with Gasteiger partial charge in [0.25, 0.3) is 0 Å². The second kappa shape index (κ2) is 3.93. The van der Waals surface area contributed by atoms with E-state index in [0.717, 1.165) is 5.56 Å². The third-order valence-corrected chi connectivity index (χ3v) is 2.71. The van der Waals surface area contributed by atoms with E-state index in [4.69, 9.17) is 16.2 Å². The molecule has 4 N–H and O–H groups in total. The molecule has 13 heavy (non-hydrogen) atoms. The minimum atomic E-state index is -0.0975. The van der Waals surface area contributed by atoms with Crippen LogP contribution in [0.15, 0.2) is 10.7 Å². The predicted octanol–water partition coefficient (Wildman–Crippen LogP) is 1.72. The molecule has 1 unspecified atom stereocenters. The highest BCUT2D eigenvalue weighted by Gasteiger charge is 2.14. The Hall–Kier alpha value is -0.810. The van der Waals surface area contributed by atoms with E-state index in [2.05, 4.69) is 20.9 Å². The molecule has 1 heterocycles. The van der Waals surface area contributed by atoms with Gasteiger partial charge < -0.3 is 16.2 Å². The summed E-state index contributed by atoms with van der Waals surface area (Å²) in [6.07, 6.45) is 1.44. The van der Waals surface area contributed by atoms with Crippen LogP contribution in [-0.2, 0) is 4.74 Å². The highest BCUT2D eigenvalue weighted by Crippen LogP contribution is 2.33. The van der Waals surface area contributed by atoms with Gasteiger partial charge in [-0.25, -0.2) is 4.98 Å². The standard InChI is InChI=1S/C8H12BrN3O/c1-4(13-2)6-5(10)3-12-8(11)7(6)9/h3-4H,10H2,1-2H3,(H2,11,12). The maximum absolute atomic E-state index is 5.74. The third kappa shape index (κ3) is 1.92. The average molecular weight is 246 g/mol. The first-order chi connectivity index (χ1) is 6.07. The number of halogens is 1. The lowest BCUT2D eigenvalue weighted by Gasteiger charge is -2.15.